The van der Waals surface area contributed by atoms with E-state index in [-0.39, 0.29) is 27.4 Å². The number of aliphatic hydroxyl groups excluding tert-OH is 2. The zero-order valence-electron chi connectivity index (χ0n) is 17.5. The summed E-state index contributed by atoms with van der Waals surface area (Å²) in [6, 6.07) is 15.7. The number of sulfonamides is 1. The normalized spacial score (nSPS) is 13.0. The molecule has 2 atom stereocenters. The van der Waals surface area contributed by atoms with Gasteiger partial charge in [0, 0.05) is 16.6 Å². The molecule has 0 radical (unpaired) electrons. The summed E-state index contributed by atoms with van der Waals surface area (Å²) in [6.45, 7) is -0.642. The van der Waals surface area contributed by atoms with Gasteiger partial charge in [-0.2, -0.15) is 0 Å². The molecule has 0 heterocycles. The number of amides is 1. The number of rotatable bonds is 9. The van der Waals surface area contributed by atoms with Crippen LogP contribution in [0.1, 0.15) is 22.0 Å². The van der Waals surface area contributed by atoms with E-state index in [0.29, 0.717) is 4.47 Å². The van der Waals surface area contributed by atoms with Crippen LogP contribution in [-0.2, 0) is 10.0 Å². The minimum absolute atomic E-state index is 0.00411. The Kier molecular flexibility index (Phi) is 7.99. The molecule has 178 valence electrons. The van der Waals surface area contributed by atoms with Crippen molar-refractivity contribution in [3.05, 3.63) is 98.5 Å². The third-order valence-corrected chi connectivity index (χ3v) is 6.79. The van der Waals surface area contributed by atoms with Crippen LogP contribution in [0.15, 0.2) is 82.2 Å². The molecule has 0 saturated carbocycles. The number of nitrogens with one attached hydrogen (secondary N) is 2. The zero-order valence-corrected chi connectivity index (χ0v) is 19.9. The molecule has 0 aliphatic heterocycles. The second kappa shape index (κ2) is 10.7. The minimum atomic E-state index is -4.00. The highest BCUT2D eigenvalue weighted by atomic mass is 79.9. The van der Waals surface area contributed by atoms with Gasteiger partial charge in [-0.1, -0.05) is 28.1 Å². The van der Waals surface area contributed by atoms with Crippen LogP contribution < -0.4 is 10.0 Å². The maximum Gasteiger partial charge on any atom is 0.269 e. The molecular formula is C22H20BrN3O7S. The molecule has 10 nitrogen and oxygen atoms in total. The average molecular weight is 550 g/mol. The van der Waals surface area contributed by atoms with Gasteiger partial charge >= 0.3 is 0 Å². The molecule has 12 heteroatoms. The van der Waals surface area contributed by atoms with E-state index in [4.69, 9.17) is 0 Å². The van der Waals surface area contributed by atoms with Gasteiger partial charge < -0.3 is 15.5 Å². The van der Waals surface area contributed by atoms with Crippen molar-refractivity contribution >= 4 is 43.2 Å². The number of nitro benzene ring substituents is 1. The molecule has 0 saturated heterocycles. The first-order chi connectivity index (χ1) is 16.1. The predicted octanol–water partition coefficient (Wildman–Crippen LogP) is 2.98. The number of hydrogen-bond acceptors (Lipinski definition) is 7. The predicted molar refractivity (Wildman–Crippen MR) is 128 cm³/mol. The van der Waals surface area contributed by atoms with Crippen LogP contribution in [0, 0.1) is 10.1 Å². The lowest BCUT2D eigenvalue weighted by Gasteiger charge is -2.23. The van der Waals surface area contributed by atoms with Gasteiger partial charge in [-0.3, -0.25) is 19.6 Å². The highest BCUT2D eigenvalue weighted by molar-refractivity contribution is 9.10. The number of para-hydroxylation sites is 1. The first-order valence-corrected chi connectivity index (χ1v) is 12.1. The van der Waals surface area contributed by atoms with Gasteiger partial charge in [0.1, 0.15) is 6.10 Å². The fraction of sp³-hybridized carbons (Fsp3) is 0.136. The second-order valence-corrected chi connectivity index (χ2v) is 9.76. The number of carbonyl (C=O) groups excluding carboxylic acids is 1. The first kappa shape index (κ1) is 25.3. The van der Waals surface area contributed by atoms with Crippen LogP contribution in [0.25, 0.3) is 0 Å². The van der Waals surface area contributed by atoms with Gasteiger partial charge in [0.25, 0.3) is 21.6 Å². The summed E-state index contributed by atoms with van der Waals surface area (Å²) in [5, 5.41) is 33.6. The Morgan fingerprint density at radius 3 is 2.24 bits per heavy atom. The lowest BCUT2D eigenvalue weighted by Crippen LogP contribution is -2.42. The number of halogens is 1. The lowest BCUT2D eigenvalue weighted by atomic mass is 10.0. The van der Waals surface area contributed by atoms with Crippen LogP contribution in [0.4, 0.5) is 11.4 Å². The molecule has 0 aliphatic rings. The third-order valence-electron chi connectivity index (χ3n) is 4.88. The van der Waals surface area contributed by atoms with Crippen molar-refractivity contribution in [3.8, 4) is 0 Å². The van der Waals surface area contributed by atoms with E-state index in [9.17, 15) is 33.5 Å². The Morgan fingerprint density at radius 1 is 1.03 bits per heavy atom. The number of nitro groups is 1. The van der Waals surface area contributed by atoms with Crippen molar-refractivity contribution in [1.82, 2.24) is 5.32 Å². The molecule has 0 fully saturated rings. The van der Waals surface area contributed by atoms with E-state index in [1.807, 2.05) is 0 Å². The fourth-order valence-corrected chi connectivity index (χ4v) is 4.43. The molecule has 0 aliphatic carbocycles. The monoisotopic (exact) mass is 549 g/mol. The minimum Gasteiger partial charge on any atom is -0.394 e. The zero-order chi connectivity index (χ0) is 24.9. The Balaban J connectivity index is 1.80. The molecule has 34 heavy (non-hydrogen) atoms. The van der Waals surface area contributed by atoms with E-state index in [1.165, 1.54) is 54.6 Å². The summed E-state index contributed by atoms with van der Waals surface area (Å²) in [6.07, 6.45) is -1.37. The van der Waals surface area contributed by atoms with Gasteiger partial charge in [0.05, 0.1) is 33.7 Å². The number of aliphatic hydroxyl groups is 2. The molecule has 0 spiro atoms. The first-order valence-electron chi connectivity index (χ1n) is 9.84. The summed E-state index contributed by atoms with van der Waals surface area (Å²) in [5.41, 5.74) is 0.0451. The van der Waals surface area contributed by atoms with Gasteiger partial charge in [-0.25, -0.2) is 8.42 Å². The van der Waals surface area contributed by atoms with E-state index in [1.54, 1.807) is 18.2 Å². The summed E-state index contributed by atoms with van der Waals surface area (Å²) in [4.78, 5) is 23.1. The van der Waals surface area contributed by atoms with Gasteiger partial charge in [-0.15, -0.1) is 0 Å². The summed E-state index contributed by atoms with van der Waals surface area (Å²) >= 11 is 3.24. The summed E-state index contributed by atoms with van der Waals surface area (Å²) in [5.74, 6) is -0.742. The topological polar surface area (TPSA) is 159 Å². The largest absolute Gasteiger partial charge is 0.394 e. The van der Waals surface area contributed by atoms with Crippen molar-refractivity contribution < 1.29 is 28.3 Å². The molecule has 1 amide bonds. The molecule has 0 aromatic heterocycles. The number of nitrogens with zero attached hydrogens (tertiary/aromatic N) is 1. The molecular weight excluding hydrogens is 530 g/mol. The Hall–Kier alpha value is -3.32. The lowest BCUT2D eigenvalue weighted by molar-refractivity contribution is -0.384. The van der Waals surface area contributed by atoms with Crippen LogP contribution in [-0.4, -0.2) is 42.1 Å². The third kappa shape index (κ3) is 5.97. The number of benzene rings is 3. The molecule has 0 bridgehead atoms. The maximum absolute atomic E-state index is 12.9. The standard InChI is InChI=1S/C22H20BrN3O7S/c23-15-7-11-17(12-8-15)34(32,33)25-19-4-2-1-3-18(19)22(29)24-20(13-27)21(28)14-5-9-16(10-6-14)26(30)31/h1-12,20-21,25,27-28H,13H2,(H,24,29)/t20-,21+/m0/s1. The van der Waals surface area contributed by atoms with Crippen LogP contribution in [0.5, 0.6) is 0 Å². The van der Waals surface area contributed by atoms with Crippen molar-refractivity contribution in [2.75, 3.05) is 11.3 Å². The van der Waals surface area contributed by atoms with Crippen LogP contribution in [0.2, 0.25) is 0 Å². The van der Waals surface area contributed by atoms with Crippen molar-refractivity contribution in [2.24, 2.45) is 0 Å². The van der Waals surface area contributed by atoms with Crippen molar-refractivity contribution in [3.63, 3.8) is 0 Å². The summed E-state index contributed by atoms with van der Waals surface area (Å²) < 4.78 is 28.6. The smallest absolute Gasteiger partial charge is 0.269 e. The molecule has 3 rings (SSSR count). The Labute approximate surface area is 203 Å². The van der Waals surface area contributed by atoms with Gasteiger partial charge in [-0.05, 0) is 54.1 Å². The van der Waals surface area contributed by atoms with Crippen LogP contribution in [0.3, 0.4) is 0 Å². The number of carbonyl (C=O) groups is 1. The van der Waals surface area contributed by atoms with Gasteiger partial charge in [0.2, 0.25) is 0 Å². The summed E-state index contributed by atoms with van der Waals surface area (Å²) in [7, 11) is -4.00. The molecule has 3 aromatic carbocycles. The van der Waals surface area contributed by atoms with E-state index < -0.39 is 39.6 Å². The highest BCUT2D eigenvalue weighted by Gasteiger charge is 2.25. The van der Waals surface area contributed by atoms with Crippen molar-refractivity contribution in [2.45, 2.75) is 17.0 Å². The van der Waals surface area contributed by atoms with Gasteiger partial charge in [0.15, 0.2) is 0 Å². The fourth-order valence-electron chi connectivity index (χ4n) is 3.08. The van der Waals surface area contributed by atoms with Crippen LogP contribution >= 0.6 is 15.9 Å². The Bertz CT molecular complexity index is 1280. The van der Waals surface area contributed by atoms with Crippen molar-refractivity contribution in [1.29, 1.82) is 0 Å². The van der Waals surface area contributed by atoms with E-state index in [0.717, 1.165) is 0 Å². The number of non-ortho nitro benzene ring substituents is 1. The average Bonchev–Trinajstić information content (AvgIpc) is 2.82. The quantitative estimate of drug-likeness (QED) is 0.236. The molecule has 4 N–H and O–H groups in total. The van der Waals surface area contributed by atoms with E-state index in [2.05, 4.69) is 26.0 Å². The van der Waals surface area contributed by atoms with E-state index >= 15 is 0 Å². The maximum atomic E-state index is 12.9. The molecule has 3 aromatic rings. The SMILES string of the molecule is O=C(N[C@@H](CO)[C@H](O)c1ccc([N+](=O)[O-])cc1)c1ccccc1NS(=O)(=O)c1ccc(Br)cc1. The Morgan fingerprint density at radius 2 is 1.65 bits per heavy atom. The number of hydrogen-bond donors (Lipinski definition) is 4. The second-order valence-electron chi connectivity index (χ2n) is 7.16. The number of anilines is 1. The molecule has 0 unspecified atom stereocenters. The highest BCUT2D eigenvalue weighted by Crippen LogP contribution is 2.24.